The van der Waals surface area contributed by atoms with Crippen LogP contribution in [0.4, 0.5) is 0 Å². The van der Waals surface area contributed by atoms with Crippen LogP contribution in [0.1, 0.15) is 39.7 Å². The first-order valence-corrected chi connectivity index (χ1v) is 10.1. The Morgan fingerprint density at radius 3 is 2.45 bits per heavy atom. The van der Waals surface area contributed by atoms with Crippen LogP contribution >= 0.6 is 35.6 Å². The number of nitrogens with one attached hydrogen (secondary N) is 1. The average molecular weight is 461 g/mol. The van der Waals surface area contributed by atoms with Gasteiger partial charge in [-0.3, -0.25) is 9.78 Å². The molecule has 0 spiro atoms. The van der Waals surface area contributed by atoms with Crippen LogP contribution in [-0.2, 0) is 0 Å². The van der Waals surface area contributed by atoms with Crippen molar-refractivity contribution in [2.24, 2.45) is 0 Å². The number of hydrogen-bond donors (Lipinski definition) is 1. The Hall–Kier alpha value is -1.67. The molecule has 1 aromatic rings. The molecule has 2 aliphatic heterocycles. The van der Waals surface area contributed by atoms with E-state index < -0.39 is 11.2 Å². The molecule has 0 amide bonds. The van der Waals surface area contributed by atoms with E-state index in [9.17, 15) is 9.59 Å². The van der Waals surface area contributed by atoms with Crippen LogP contribution in [0.15, 0.2) is 21.7 Å². The van der Waals surface area contributed by atoms with Crippen molar-refractivity contribution in [2.75, 3.05) is 19.6 Å². The van der Waals surface area contributed by atoms with E-state index in [1.54, 1.807) is 12.1 Å². The summed E-state index contributed by atoms with van der Waals surface area (Å²) in [5, 5.41) is 0.734. The number of halogens is 3. The van der Waals surface area contributed by atoms with Gasteiger partial charge in [0.2, 0.25) is 0 Å². The molecule has 10 heteroatoms. The molecule has 1 atom stereocenters. The lowest BCUT2D eigenvalue weighted by Gasteiger charge is -2.24. The molecule has 0 saturated carbocycles. The highest BCUT2D eigenvalue weighted by atomic mass is 35.5. The summed E-state index contributed by atoms with van der Waals surface area (Å²) >= 11 is 12.4. The minimum absolute atomic E-state index is 0. The number of aromatic amines is 1. The van der Waals surface area contributed by atoms with Gasteiger partial charge in [-0.25, -0.2) is 9.78 Å². The fourth-order valence-electron chi connectivity index (χ4n) is 3.47. The maximum absolute atomic E-state index is 12.3. The molecule has 2 heterocycles. The summed E-state index contributed by atoms with van der Waals surface area (Å²) in [6.07, 6.45) is 1.81. The Morgan fingerprint density at radius 2 is 1.79 bits per heavy atom. The number of hydrogen-bond acceptors (Lipinski definition) is 5. The molecule has 0 bridgehead atoms. The molecule has 2 aliphatic rings. The molecular formula is C19H24Cl3N5O2. The summed E-state index contributed by atoms with van der Waals surface area (Å²) in [7, 11) is 0. The minimum atomic E-state index is -0.692. The highest BCUT2D eigenvalue weighted by Gasteiger charge is 2.22. The summed E-state index contributed by atoms with van der Waals surface area (Å²) in [4.78, 5) is 37.1. The Kier molecular flexibility index (Phi) is 8.05. The second-order valence-corrected chi connectivity index (χ2v) is 7.61. The number of rotatable bonds is 7. The molecular weight excluding hydrogens is 437 g/mol. The van der Waals surface area contributed by atoms with Crippen LogP contribution in [0.3, 0.4) is 0 Å². The third kappa shape index (κ3) is 4.91. The summed E-state index contributed by atoms with van der Waals surface area (Å²) in [6, 6.07) is 3.32. The Labute approximate surface area is 184 Å². The molecule has 7 nitrogen and oxygen atoms in total. The number of H-pyrrole nitrogens is 1. The number of aromatic nitrogens is 4. The highest BCUT2D eigenvalue weighted by Crippen LogP contribution is 2.32. The Bertz CT molecular complexity index is 1080. The van der Waals surface area contributed by atoms with Crippen molar-refractivity contribution in [1.82, 2.24) is 24.4 Å². The first-order valence-electron chi connectivity index (χ1n) is 9.39. The van der Waals surface area contributed by atoms with Gasteiger partial charge in [0.15, 0.2) is 11.5 Å². The van der Waals surface area contributed by atoms with Gasteiger partial charge in [0.05, 0.1) is 21.1 Å². The predicted molar refractivity (Wildman–Crippen MR) is 120 cm³/mol. The van der Waals surface area contributed by atoms with Gasteiger partial charge in [0, 0.05) is 6.04 Å². The van der Waals surface area contributed by atoms with Crippen LogP contribution in [0.2, 0.25) is 10.0 Å². The normalized spacial score (nSPS) is 12.5. The topological polar surface area (TPSA) is 83.9 Å². The average Bonchev–Trinajstić information content (AvgIpc) is 2.65. The number of fused-ring (bicyclic) bond motifs is 2. The van der Waals surface area contributed by atoms with Gasteiger partial charge in [0.25, 0.3) is 5.56 Å². The van der Waals surface area contributed by atoms with Gasteiger partial charge in [-0.2, -0.15) is 4.98 Å². The second kappa shape index (κ2) is 9.89. The Balaban J connectivity index is 0.00000300. The number of nitrogens with zero attached hydrogens (tertiary/aromatic N) is 4. The zero-order chi connectivity index (χ0) is 20.4. The molecule has 0 saturated heterocycles. The molecule has 3 rings (SSSR count). The van der Waals surface area contributed by atoms with E-state index in [-0.39, 0.29) is 30.0 Å². The van der Waals surface area contributed by atoms with Crippen LogP contribution in [0.5, 0.6) is 0 Å². The lowest BCUT2D eigenvalue weighted by Crippen LogP contribution is -2.30. The van der Waals surface area contributed by atoms with Gasteiger partial charge in [-0.1, -0.05) is 37.0 Å². The molecule has 1 unspecified atom stereocenters. The lowest BCUT2D eigenvalue weighted by molar-refractivity contribution is 0.289. The number of benzene rings is 1. The first-order chi connectivity index (χ1) is 13.3. The maximum atomic E-state index is 12.3. The van der Waals surface area contributed by atoms with Crippen molar-refractivity contribution < 1.29 is 0 Å². The summed E-state index contributed by atoms with van der Waals surface area (Å²) < 4.78 is 1.87. The molecule has 0 aliphatic carbocycles. The third-order valence-corrected chi connectivity index (χ3v) is 5.75. The molecule has 0 fully saturated rings. The van der Waals surface area contributed by atoms with E-state index in [1.165, 1.54) is 0 Å². The second-order valence-electron chi connectivity index (χ2n) is 6.80. The van der Waals surface area contributed by atoms with E-state index in [0.29, 0.717) is 21.1 Å². The van der Waals surface area contributed by atoms with Crippen molar-refractivity contribution in [3.05, 3.63) is 43.0 Å². The van der Waals surface area contributed by atoms with Gasteiger partial charge < -0.3 is 9.47 Å². The zero-order valence-corrected chi connectivity index (χ0v) is 18.9. The smallest absolute Gasteiger partial charge is 0.319 e. The third-order valence-electron chi connectivity index (χ3n) is 5.02. The summed E-state index contributed by atoms with van der Waals surface area (Å²) in [5.74, 6) is 0.259. The van der Waals surface area contributed by atoms with Crippen molar-refractivity contribution in [3.8, 4) is 11.5 Å². The summed E-state index contributed by atoms with van der Waals surface area (Å²) in [5.41, 5.74) is 0.0779. The quantitative estimate of drug-likeness (QED) is 0.539. The van der Waals surface area contributed by atoms with Gasteiger partial charge in [-0.05, 0) is 51.5 Å². The van der Waals surface area contributed by atoms with Crippen molar-refractivity contribution in [3.63, 3.8) is 0 Å². The van der Waals surface area contributed by atoms with Gasteiger partial charge in [-0.15, -0.1) is 12.4 Å². The standard InChI is InChI=1S/C19H23Cl2N5O2.ClH/c1-4-25(5-2)8-6-7-11(3)26-15-10-13(21)12(20)9-14(15)22-16-17(26)23-19(28)24-18(16)27;/h9-11H,4-8H2,1-3H3,(H,24,27,28);1H. The van der Waals surface area contributed by atoms with Crippen LogP contribution in [-0.4, -0.2) is 44.1 Å². The van der Waals surface area contributed by atoms with Crippen molar-refractivity contribution in [1.29, 1.82) is 0 Å². The van der Waals surface area contributed by atoms with Crippen LogP contribution in [0, 0.1) is 0 Å². The zero-order valence-electron chi connectivity index (χ0n) is 16.5. The van der Waals surface area contributed by atoms with Gasteiger partial charge in [0.1, 0.15) is 0 Å². The van der Waals surface area contributed by atoms with E-state index in [0.717, 1.165) is 32.5 Å². The molecule has 0 aromatic heterocycles. The largest absolute Gasteiger partial charge is 0.349 e. The summed E-state index contributed by atoms with van der Waals surface area (Å²) in [6.45, 7) is 9.31. The predicted octanol–water partition coefficient (Wildman–Crippen LogP) is 4.00. The van der Waals surface area contributed by atoms with E-state index >= 15 is 0 Å². The van der Waals surface area contributed by atoms with Crippen LogP contribution in [0.25, 0.3) is 22.6 Å². The molecule has 1 N–H and O–H groups in total. The van der Waals surface area contributed by atoms with Crippen LogP contribution < -0.4 is 11.2 Å². The minimum Gasteiger partial charge on any atom is -0.319 e. The Morgan fingerprint density at radius 1 is 1.14 bits per heavy atom. The van der Waals surface area contributed by atoms with E-state index in [4.69, 9.17) is 23.2 Å². The molecule has 158 valence electrons. The molecule has 1 aromatic carbocycles. The lowest BCUT2D eigenvalue weighted by atomic mass is 10.1. The van der Waals surface area contributed by atoms with Gasteiger partial charge >= 0.3 is 5.69 Å². The highest BCUT2D eigenvalue weighted by molar-refractivity contribution is 6.42. The molecule has 0 radical (unpaired) electrons. The maximum Gasteiger partial charge on any atom is 0.349 e. The van der Waals surface area contributed by atoms with E-state index in [1.807, 2.05) is 11.5 Å². The SMILES string of the molecule is CCN(CC)CCCC(C)n1c2nc(=O)[nH]c(=O)c-2nc2cc(Cl)c(Cl)cc21.Cl. The monoisotopic (exact) mass is 459 g/mol. The molecule has 29 heavy (non-hydrogen) atoms. The fraction of sp³-hybridized carbons (Fsp3) is 0.474. The van der Waals surface area contributed by atoms with E-state index in [2.05, 4.69) is 33.7 Å². The van der Waals surface area contributed by atoms with Crippen molar-refractivity contribution in [2.45, 2.75) is 39.7 Å². The van der Waals surface area contributed by atoms with Crippen molar-refractivity contribution >= 4 is 46.6 Å². The first kappa shape index (κ1) is 23.6. The fourth-order valence-corrected chi connectivity index (χ4v) is 3.79.